The first-order valence-electron chi connectivity index (χ1n) is 4.53. The second-order valence-electron chi connectivity index (χ2n) is 3.15. The second kappa shape index (κ2) is 3.77. The molecule has 3 heteroatoms. The van der Waals surface area contributed by atoms with Gasteiger partial charge in [0, 0.05) is 12.1 Å². The van der Waals surface area contributed by atoms with Gasteiger partial charge in [0.2, 0.25) is 0 Å². The Hall–Kier alpha value is -1.06. The third-order valence-electron chi connectivity index (χ3n) is 2.35. The van der Waals surface area contributed by atoms with Gasteiger partial charge in [0.1, 0.15) is 5.75 Å². The highest BCUT2D eigenvalue weighted by Gasteiger charge is 2.18. The average molecular weight is 178 g/mol. The molecule has 0 spiro atoms. The lowest BCUT2D eigenvalue weighted by molar-refractivity contribution is 0.402. The van der Waals surface area contributed by atoms with Crippen molar-refractivity contribution in [2.45, 2.75) is 12.5 Å². The van der Waals surface area contributed by atoms with E-state index in [0.717, 1.165) is 18.7 Å². The second-order valence-corrected chi connectivity index (χ2v) is 3.15. The van der Waals surface area contributed by atoms with Gasteiger partial charge in [-0.1, -0.05) is 18.2 Å². The molecule has 0 aliphatic carbocycles. The summed E-state index contributed by atoms with van der Waals surface area (Å²) in [5, 5.41) is 0. The maximum Gasteiger partial charge on any atom is 0.123 e. The molecule has 70 valence electrons. The summed E-state index contributed by atoms with van der Waals surface area (Å²) in [7, 11) is 1.71. The fourth-order valence-corrected chi connectivity index (χ4v) is 1.67. The molecule has 0 bridgehead atoms. The summed E-state index contributed by atoms with van der Waals surface area (Å²) >= 11 is 0. The third kappa shape index (κ3) is 1.66. The summed E-state index contributed by atoms with van der Waals surface area (Å²) in [6.07, 6.45) is 1.11. The van der Waals surface area contributed by atoms with Crippen molar-refractivity contribution in [1.29, 1.82) is 0 Å². The van der Waals surface area contributed by atoms with Crippen LogP contribution in [0.2, 0.25) is 0 Å². The number of hydrazine groups is 1. The van der Waals surface area contributed by atoms with Crippen LogP contribution in [0, 0.1) is 0 Å². The van der Waals surface area contributed by atoms with Crippen LogP contribution in [0.3, 0.4) is 0 Å². The minimum atomic E-state index is 0.385. The number of hydrogen-bond acceptors (Lipinski definition) is 3. The molecule has 1 aliphatic rings. The van der Waals surface area contributed by atoms with Crippen LogP contribution in [-0.4, -0.2) is 13.7 Å². The van der Waals surface area contributed by atoms with Crippen molar-refractivity contribution in [3.8, 4) is 5.75 Å². The van der Waals surface area contributed by atoms with E-state index in [4.69, 9.17) is 4.74 Å². The standard InChI is InChI=1S/C10H14N2O/c1-13-10-5-3-2-4-8(10)9-6-7-11-12-9/h2-5,9,11-12H,6-7H2,1H3. The van der Waals surface area contributed by atoms with E-state index < -0.39 is 0 Å². The van der Waals surface area contributed by atoms with Gasteiger partial charge in [0.15, 0.2) is 0 Å². The van der Waals surface area contributed by atoms with Crippen LogP contribution in [0.15, 0.2) is 24.3 Å². The number of benzene rings is 1. The van der Waals surface area contributed by atoms with Gasteiger partial charge in [0.25, 0.3) is 0 Å². The molecule has 1 aliphatic heterocycles. The summed E-state index contributed by atoms with van der Waals surface area (Å²) in [4.78, 5) is 0. The van der Waals surface area contributed by atoms with Crippen molar-refractivity contribution in [2.75, 3.05) is 13.7 Å². The fraction of sp³-hybridized carbons (Fsp3) is 0.400. The SMILES string of the molecule is COc1ccccc1C1CCNN1. The van der Waals surface area contributed by atoms with Gasteiger partial charge in [-0.15, -0.1) is 0 Å². The Morgan fingerprint density at radius 3 is 2.92 bits per heavy atom. The van der Waals surface area contributed by atoms with Gasteiger partial charge < -0.3 is 4.74 Å². The molecule has 1 atom stereocenters. The van der Waals surface area contributed by atoms with E-state index in [9.17, 15) is 0 Å². The number of rotatable bonds is 2. The van der Waals surface area contributed by atoms with Crippen molar-refractivity contribution < 1.29 is 4.74 Å². The first-order chi connectivity index (χ1) is 6.42. The molecule has 0 radical (unpaired) electrons. The molecule has 2 N–H and O–H groups in total. The molecule has 3 nitrogen and oxygen atoms in total. The van der Waals surface area contributed by atoms with E-state index in [1.54, 1.807) is 7.11 Å². The third-order valence-corrected chi connectivity index (χ3v) is 2.35. The number of ether oxygens (including phenoxy) is 1. The zero-order valence-corrected chi connectivity index (χ0v) is 7.71. The Kier molecular flexibility index (Phi) is 2.47. The van der Waals surface area contributed by atoms with Gasteiger partial charge in [-0.25, -0.2) is 0 Å². The van der Waals surface area contributed by atoms with Crippen LogP contribution < -0.4 is 15.6 Å². The first-order valence-corrected chi connectivity index (χ1v) is 4.53. The number of para-hydroxylation sites is 1. The smallest absolute Gasteiger partial charge is 0.123 e. The summed E-state index contributed by atoms with van der Waals surface area (Å²) in [5.74, 6) is 0.962. The summed E-state index contributed by atoms with van der Waals surface area (Å²) in [6.45, 7) is 1.02. The van der Waals surface area contributed by atoms with Crippen LogP contribution in [-0.2, 0) is 0 Å². The summed E-state index contributed by atoms with van der Waals surface area (Å²) < 4.78 is 5.29. The predicted molar refractivity (Wildman–Crippen MR) is 51.5 cm³/mol. The van der Waals surface area contributed by atoms with E-state index in [1.807, 2.05) is 18.2 Å². The number of methoxy groups -OCH3 is 1. The monoisotopic (exact) mass is 178 g/mol. The predicted octanol–water partition coefficient (Wildman–Crippen LogP) is 1.23. The van der Waals surface area contributed by atoms with Gasteiger partial charge in [0.05, 0.1) is 13.2 Å². The molecule has 1 saturated heterocycles. The van der Waals surface area contributed by atoms with Crippen LogP contribution in [0.4, 0.5) is 0 Å². The summed E-state index contributed by atoms with van der Waals surface area (Å²) in [5.41, 5.74) is 7.57. The molecular formula is C10H14N2O. The van der Waals surface area contributed by atoms with E-state index in [2.05, 4.69) is 16.9 Å². The highest BCUT2D eigenvalue weighted by atomic mass is 16.5. The van der Waals surface area contributed by atoms with Crippen LogP contribution in [0.1, 0.15) is 18.0 Å². The van der Waals surface area contributed by atoms with Crippen molar-refractivity contribution in [2.24, 2.45) is 0 Å². The van der Waals surface area contributed by atoms with E-state index in [0.29, 0.717) is 6.04 Å². The first kappa shape index (κ1) is 8.53. The Morgan fingerprint density at radius 1 is 1.38 bits per heavy atom. The van der Waals surface area contributed by atoms with E-state index in [-0.39, 0.29) is 0 Å². The molecule has 0 aromatic heterocycles. The average Bonchev–Trinajstić information content (AvgIpc) is 2.70. The van der Waals surface area contributed by atoms with Crippen molar-refractivity contribution >= 4 is 0 Å². The molecule has 2 rings (SSSR count). The van der Waals surface area contributed by atoms with Crippen LogP contribution in [0.5, 0.6) is 5.75 Å². The lowest BCUT2D eigenvalue weighted by Gasteiger charge is -2.13. The zero-order chi connectivity index (χ0) is 9.10. The van der Waals surface area contributed by atoms with E-state index in [1.165, 1.54) is 5.56 Å². The molecule has 1 aromatic rings. The minimum absolute atomic E-state index is 0.385. The quantitative estimate of drug-likeness (QED) is 0.714. The molecule has 1 unspecified atom stereocenters. The minimum Gasteiger partial charge on any atom is -0.496 e. The van der Waals surface area contributed by atoms with E-state index >= 15 is 0 Å². The van der Waals surface area contributed by atoms with Gasteiger partial charge in [-0.3, -0.25) is 10.9 Å². The molecule has 0 saturated carbocycles. The van der Waals surface area contributed by atoms with Gasteiger partial charge in [-0.05, 0) is 12.5 Å². The van der Waals surface area contributed by atoms with Crippen molar-refractivity contribution in [3.63, 3.8) is 0 Å². The van der Waals surface area contributed by atoms with Gasteiger partial charge >= 0.3 is 0 Å². The largest absolute Gasteiger partial charge is 0.496 e. The Labute approximate surface area is 78.1 Å². The van der Waals surface area contributed by atoms with Crippen molar-refractivity contribution in [3.05, 3.63) is 29.8 Å². The molecule has 1 fully saturated rings. The normalized spacial score (nSPS) is 21.8. The lowest BCUT2D eigenvalue weighted by atomic mass is 10.0. The molecule has 1 aromatic carbocycles. The topological polar surface area (TPSA) is 33.3 Å². The maximum absolute atomic E-state index is 5.29. The molecule has 1 heterocycles. The molecule has 0 amide bonds. The maximum atomic E-state index is 5.29. The lowest BCUT2D eigenvalue weighted by Crippen LogP contribution is -2.24. The Morgan fingerprint density at radius 2 is 2.23 bits per heavy atom. The number of nitrogens with one attached hydrogen (secondary N) is 2. The number of hydrogen-bond donors (Lipinski definition) is 2. The fourth-order valence-electron chi connectivity index (χ4n) is 1.67. The van der Waals surface area contributed by atoms with Gasteiger partial charge in [-0.2, -0.15) is 0 Å². The summed E-state index contributed by atoms with van der Waals surface area (Å²) in [6, 6.07) is 8.51. The van der Waals surface area contributed by atoms with Crippen molar-refractivity contribution in [1.82, 2.24) is 10.9 Å². The highest BCUT2D eigenvalue weighted by molar-refractivity contribution is 5.36. The Bertz CT molecular complexity index is 282. The zero-order valence-electron chi connectivity index (χ0n) is 7.71. The Balaban J connectivity index is 2.26. The van der Waals surface area contributed by atoms with Crippen LogP contribution in [0.25, 0.3) is 0 Å². The molecular weight excluding hydrogens is 164 g/mol. The van der Waals surface area contributed by atoms with Crippen LogP contribution >= 0.6 is 0 Å². The highest BCUT2D eigenvalue weighted by Crippen LogP contribution is 2.27. The molecule has 13 heavy (non-hydrogen) atoms.